The van der Waals surface area contributed by atoms with Crippen LogP contribution in [0.4, 0.5) is 13.2 Å². The van der Waals surface area contributed by atoms with Gasteiger partial charge in [-0.2, -0.15) is 13.2 Å². The van der Waals surface area contributed by atoms with Crippen LogP contribution < -0.4 is 5.73 Å². The number of nitrogens with zero attached hydrogens (tertiary/aromatic N) is 1. The second-order valence-electron chi connectivity index (χ2n) is 4.07. The first-order valence-electron chi connectivity index (χ1n) is 5.53. The van der Waals surface area contributed by atoms with Gasteiger partial charge >= 0.3 is 6.18 Å². The monoisotopic (exact) mass is 320 g/mol. The van der Waals surface area contributed by atoms with Gasteiger partial charge in [0, 0.05) is 33.6 Å². The highest BCUT2D eigenvalue weighted by Gasteiger charge is 2.35. The third-order valence-corrected chi connectivity index (χ3v) is 3.46. The lowest BCUT2D eigenvalue weighted by atomic mass is 9.96. The number of halogens is 5. The fourth-order valence-corrected chi connectivity index (χ4v) is 2.51. The van der Waals surface area contributed by atoms with Crippen LogP contribution in [0.25, 0.3) is 0 Å². The lowest BCUT2D eigenvalue weighted by molar-refractivity contribution is -0.138. The van der Waals surface area contributed by atoms with Crippen molar-refractivity contribution in [2.45, 2.75) is 12.2 Å². The lowest BCUT2D eigenvalue weighted by Gasteiger charge is -2.19. The summed E-state index contributed by atoms with van der Waals surface area (Å²) in [5, 5.41) is 0.420. The van der Waals surface area contributed by atoms with Gasteiger partial charge in [-0.3, -0.25) is 4.98 Å². The van der Waals surface area contributed by atoms with Crippen LogP contribution in [0.1, 0.15) is 22.7 Å². The first-order valence-corrected chi connectivity index (χ1v) is 6.28. The van der Waals surface area contributed by atoms with E-state index in [0.29, 0.717) is 0 Å². The van der Waals surface area contributed by atoms with Crippen molar-refractivity contribution in [2.24, 2.45) is 5.73 Å². The molecule has 0 saturated carbocycles. The number of nitrogens with two attached hydrogens (primary N) is 1. The minimum atomic E-state index is -4.52. The van der Waals surface area contributed by atoms with E-state index in [1.54, 1.807) is 6.07 Å². The molecule has 0 aliphatic heterocycles. The Morgan fingerprint density at radius 1 is 1.10 bits per heavy atom. The Morgan fingerprint density at radius 3 is 2.25 bits per heavy atom. The van der Waals surface area contributed by atoms with Crippen molar-refractivity contribution in [1.29, 1.82) is 0 Å². The van der Waals surface area contributed by atoms with E-state index < -0.39 is 17.8 Å². The number of rotatable bonds is 2. The molecule has 0 spiro atoms. The number of hydrogen-bond donors (Lipinski definition) is 1. The molecule has 2 N–H and O–H groups in total. The molecule has 0 bridgehead atoms. The average Bonchev–Trinajstić information content (AvgIpc) is 2.37. The van der Waals surface area contributed by atoms with E-state index in [9.17, 15) is 13.2 Å². The Kier molecular flexibility index (Phi) is 4.22. The molecule has 7 heteroatoms. The van der Waals surface area contributed by atoms with Crippen LogP contribution in [0.3, 0.4) is 0 Å². The maximum atomic E-state index is 13.0. The smallest absolute Gasteiger partial charge is 0.320 e. The second-order valence-corrected chi connectivity index (χ2v) is 4.89. The third kappa shape index (κ3) is 2.90. The molecule has 20 heavy (non-hydrogen) atoms. The summed E-state index contributed by atoms with van der Waals surface area (Å²) in [5.41, 5.74) is 5.13. The largest absolute Gasteiger partial charge is 0.416 e. The molecule has 1 aromatic heterocycles. The molecule has 0 saturated heterocycles. The van der Waals surface area contributed by atoms with Gasteiger partial charge in [0.15, 0.2) is 0 Å². The molecule has 106 valence electrons. The molecule has 1 unspecified atom stereocenters. The van der Waals surface area contributed by atoms with Crippen molar-refractivity contribution in [3.8, 4) is 0 Å². The standard InChI is InChI=1S/C13H9Cl2F3N2/c14-9-2-1-3-10(15)11(9)12(19)7-6-20-5-4-8(7)13(16,17)18/h1-6,12H,19H2. The van der Waals surface area contributed by atoms with Crippen molar-refractivity contribution in [3.63, 3.8) is 0 Å². The molecule has 0 amide bonds. The zero-order valence-electron chi connectivity index (χ0n) is 9.96. The number of alkyl halides is 3. The minimum absolute atomic E-state index is 0.171. The average molecular weight is 321 g/mol. The normalized spacial score (nSPS) is 13.3. The van der Waals surface area contributed by atoms with Gasteiger partial charge < -0.3 is 5.73 Å². The minimum Gasteiger partial charge on any atom is -0.320 e. The van der Waals surface area contributed by atoms with Crippen molar-refractivity contribution in [3.05, 3.63) is 63.4 Å². The topological polar surface area (TPSA) is 38.9 Å². The molecule has 2 nitrogen and oxygen atoms in total. The maximum Gasteiger partial charge on any atom is 0.416 e. The van der Waals surface area contributed by atoms with Gasteiger partial charge in [0.25, 0.3) is 0 Å². The summed E-state index contributed by atoms with van der Waals surface area (Å²) in [5.74, 6) is 0. The third-order valence-electron chi connectivity index (χ3n) is 2.80. The first kappa shape index (κ1) is 15.1. The Bertz CT molecular complexity index is 609. The van der Waals surface area contributed by atoms with E-state index in [4.69, 9.17) is 28.9 Å². The summed E-state index contributed by atoms with van der Waals surface area (Å²) in [6.07, 6.45) is -2.38. The zero-order chi connectivity index (χ0) is 14.9. The summed E-state index contributed by atoms with van der Waals surface area (Å²) >= 11 is 11.9. The molecule has 2 aromatic rings. The van der Waals surface area contributed by atoms with Crippen LogP contribution in [0.15, 0.2) is 36.7 Å². The predicted molar refractivity (Wildman–Crippen MR) is 71.7 cm³/mol. The van der Waals surface area contributed by atoms with Crippen LogP contribution in [0, 0.1) is 0 Å². The number of pyridine rings is 1. The van der Waals surface area contributed by atoms with Crippen molar-refractivity contribution in [1.82, 2.24) is 4.98 Å². The summed E-state index contributed by atoms with van der Waals surface area (Å²) in [6, 6.07) is 4.40. The fourth-order valence-electron chi connectivity index (χ4n) is 1.88. The van der Waals surface area contributed by atoms with Crippen LogP contribution in [-0.4, -0.2) is 4.98 Å². The Labute approximate surface area is 123 Å². The van der Waals surface area contributed by atoms with E-state index in [-0.39, 0.29) is 21.2 Å². The van der Waals surface area contributed by atoms with Gasteiger partial charge in [-0.25, -0.2) is 0 Å². The van der Waals surface area contributed by atoms with Crippen LogP contribution in [0.2, 0.25) is 10.0 Å². The molecule has 0 fully saturated rings. The van der Waals surface area contributed by atoms with Crippen molar-refractivity contribution < 1.29 is 13.2 Å². The van der Waals surface area contributed by atoms with Crippen molar-refractivity contribution >= 4 is 23.2 Å². The quantitative estimate of drug-likeness (QED) is 0.887. The molecule has 0 aliphatic rings. The Balaban J connectivity index is 2.58. The highest BCUT2D eigenvalue weighted by atomic mass is 35.5. The summed E-state index contributed by atoms with van der Waals surface area (Å²) in [7, 11) is 0. The van der Waals surface area contributed by atoms with Crippen LogP contribution >= 0.6 is 23.2 Å². The summed E-state index contributed by atoms with van der Waals surface area (Å²) in [6.45, 7) is 0. The van der Waals surface area contributed by atoms with E-state index in [1.807, 2.05) is 0 Å². The second kappa shape index (κ2) is 5.60. The van der Waals surface area contributed by atoms with Gasteiger partial charge in [-0.15, -0.1) is 0 Å². The fraction of sp³-hybridized carbons (Fsp3) is 0.154. The highest BCUT2D eigenvalue weighted by molar-refractivity contribution is 6.36. The SMILES string of the molecule is NC(c1cnccc1C(F)(F)F)c1c(Cl)cccc1Cl. The van der Waals surface area contributed by atoms with Gasteiger partial charge in [0.05, 0.1) is 11.6 Å². The molecule has 1 aromatic carbocycles. The summed E-state index contributed by atoms with van der Waals surface area (Å²) in [4.78, 5) is 3.70. The molecule has 1 heterocycles. The molecular weight excluding hydrogens is 312 g/mol. The molecule has 2 rings (SSSR count). The molecular formula is C13H9Cl2F3N2. The first-order chi connectivity index (χ1) is 9.32. The van der Waals surface area contributed by atoms with E-state index in [1.165, 1.54) is 12.1 Å². The summed E-state index contributed by atoms with van der Waals surface area (Å²) < 4.78 is 38.9. The van der Waals surface area contributed by atoms with E-state index in [0.717, 1.165) is 18.5 Å². The molecule has 0 radical (unpaired) electrons. The Morgan fingerprint density at radius 2 is 1.70 bits per heavy atom. The number of hydrogen-bond acceptors (Lipinski definition) is 2. The maximum absolute atomic E-state index is 13.0. The van der Waals surface area contributed by atoms with Gasteiger partial charge in [-0.1, -0.05) is 29.3 Å². The molecule has 1 atom stereocenters. The van der Waals surface area contributed by atoms with E-state index in [2.05, 4.69) is 4.98 Å². The number of benzene rings is 1. The van der Waals surface area contributed by atoms with Gasteiger partial charge in [-0.05, 0) is 18.2 Å². The predicted octanol–water partition coefficient (Wildman–Crippen LogP) is 4.46. The van der Waals surface area contributed by atoms with Crippen molar-refractivity contribution in [2.75, 3.05) is 0 Å². The number of aromatic nitrogens is 1. The zero-order valence-corrected chi connectivity index (χ0v) is 11.5. The Hall–Kier alpha value is -1.30. The van der Waals surface area contributed by atoms with Crippen LogP contribution in [0.5, 0.6) is 0 Å². The van der Waals surface area contributed by atoms with E-state index >= 15 is 0 Å². The van der Waals surface area contributed by atoms with Gasteiger partial charge in [0.1, 0.15) is 0 Å². The lowest BCUT2D eigenvalue weighted by Crippen LogP contribution is -2.19. The molecule has 0 aliphatic carbocycles. The van der Waals surface area contributed by atoms with Crippen LogP contribution in [-0.2, 0) is 6.18 Å². The highest BCUT2D eigenvalue weighted by Crippen LogP contribution is 2.38. The van der Waals surface area contributed by atoms with Gasteiger partial charge in [0.2, 0.25) is 0 Å².